The van der Waals surface area contributed by atoms with Crippen molar-refractivity contribution >= 4 is 22.2 Å². The van der Waals surface area contributed by atoms with E-state index in [1.54, 1.807) is 17.4 Å². The second kappa shape index (κ2) is 6.70. The lowest BCUT2D eigenvalue weighted by molar-refractivity contribution is 0.609. The average molecular weight is 298 g/mol. The second-order valence-corrected chi connectivity index (χ2v) is 6.00. The molecule has 2 aromatic heterocycles. The van der Waals surface area contributed by atoms with Crippen LogP contribution < -0.4 is 10.7 Å². The Morgan fingerprint density at radius 2 is 1.95 bits per heavy atom. The molecule has 2 heterocycles. The van der Waals surface area contributed by atoms with Crippen molar-refractivity contribution in [3.8, 4) is 0 Å². The van der Waals surface area contributed by atoms with Crippen molar-refractivity contribution in [2.75, 3.05) is 13.1 Å². The normalized spacial score (nSPS) is 11.0. The number of thiophene rings is 1. The lowest BCUT2D eigenvalue weighted by Gasteiger charge is -2.11. The third kappa shape index (κ3) is 3.40. The van der Waals surface area contributed by atoms with Crippen molar-refractivity contribution in [3.63, 3.8) is 0 Å². The van der Waals surface area contributed by atoms with E-state index in [1.165, 1.54) is 4.88 Å². The van der Waals surface area contributed by atoms with Gasteiger partial charge in [-0.2, -0.15) is 0 Å². The fourth-order valence-corrected chi connectivity index (χ4v) is 3.16. The summed E-state index contributed by atoms with van der Waals surface area (Å²) in [6.07, 6.45) is 2.95. The van der Waals surface area contributed by atoms with E-state index in [0.717, 1.165) is 37.0 Å². The number of para-hydroxylation sites is 1. The van der Waals surface area contributed by atoms with Gasteiger partial charge in [-0.05, 0) is 30.0 Å². The molecule has 0 aliphatic carbocycles. The van der Waals surface area contributed by atoms with E-state index in [2.05, 4.69) is 27.4 Å². The number of nitrogens with one attached hydrogen (secondary N) is 1. The molecule has 108 valence electrons. The van der Waals surface area contributed by atoms with Crippen LogP contribution in [0.5, 0.6) is 0 Å². The van der Waals surface area contributed by atoms with Crippen LogP contribution in [0.15, 0.2) is 58.8 Å². The first-order valence-electron chi connectivity index (χ1n) is 7.16. The highest BCUT2D eigenvalue weighted by molar-refractivity contribution is 7.09. The molecule has 1 N–H and O–H groups in total. The van der Waals surface area contributed by atoms with Gasteiger partial charge in [-0.15, -0.1) is 11.3 Å². The zero-order valence-electron chi connectivity index (χ0n) is 11.8. The van der Waals surface area contributed by atoms with Crippen LogP contribution in [0.1, 0.15) is 4.88 Å². The number of benzene rings is 1. The van der Waals surface area contributed by atoms with E-state index >= 15 is 0 Å². The van der Waals surface area contributed by atoms with E-state index in [4.69, 9.17) is 0 Å². The molecule has 3 nitrogen and oxygen atoms in total. The molecule has 21 heavy (non-hydrogen) atoms. The minimum Gasteiger partial charge on any atom is -0.346 e. The molecule has 0 saturated heterocycles. The summed E-state index contributed by atoms with van der Waals surface area (Å²) >= 11 is 1.80. The Morgan fingerprint density at radius 1 is 1.05 bits per heavy atom. The molecule has 0 unspecified atom stereocenters. The maximum atomic E-state index is 11.8. The largest absolute Gasteiger partial charge is 0.346 e. The van der Waals surface area contributed by atoms with Gasteiger partial charge >= 0.3 is 0 Å². The fourth-order valence-electron chi connectivity index (χ4n) is 2.45. The summed E-state index contributed by atoms with van der Waals surface area (Å²) in [4.78, 5) is 13.2. The van der Waals surface area contributed by atoms with E-state index in [0.29, 0.717) is 0 Å². The van der Waals surface area contributed by atoms with Crippen LogP contribution in [-0.4, -0.2) is 17.7 Å². The van der Waals surface area contributed by atoms with Crippen LogP contribution in [0.4, 0.5) is 0 Å². The maximum absolute atomic E-state index is 11.8. The van der Waals surface area contributed by atoms with Crippen LogP contribution in [0.25, 0.3) is 10.9 Å². The van der Waals surface area contributed by atoms with Gasteiger partial charge in [-0.25, -0.2) is 0 Å². The molecule has 0 saturated carbocycles. The zero-order chi connectivity index (χ0) is 14.5. The van der Waals surface area contributed by atoms with Crippen molar-refractivity contribution in [1.29, 1.82) is 0 Å². The molecular formula is C17H18N2OS. The monoisotopic (exact) mass is 298 g/mol. The SMILES string of the molecule is O=c1ccn(CCNCCc2cccs2)c2ccccc12. The smallest absolute Gasteiger partial charge is 0.189 e. The fraction of sp³-hybridized carbons (Fsp3) is 0.235. The first-order chi connectivity index (χ1) is 10.3. The van der Waals surface area contributed by atoms with Gasteiger partial charge in [-0.1, -0.05) is 18.2 Å². The Labute approximate surface area is 127 Å². The number of hydrogen-bond acceptors (Lipinski definition) is 3. The van der Waals surface area contributed by atoms with Crippen molar-refractivity contribution in [3.05, 3.63) is 69.1 Å². The van der Waals surface area contributed by atoms with Crippen LogP contribution >= 0.6 is 11.3 Å². The molecule has 1 aromatic carbocycles. The topological polar surface area (TPSA) is 34.0 Å². The van der Waals surface area contributed by atoms with Crippen LogP contribution in [0.3, 0.4) is 0 Å². The van der Waals surface area contributed by atoms with Gasteiger partial charge in [0, 0.05) is 42.2 Å². The Hall–Kier alpha value is -1.91. The van der Waals surface area contributed by atoms with Crippen LogP contribution in [-0.2, 0) is 13.0 Å². The summed E-state index contributed by atoms with van der Waals surface area (Å²) < 4.78 is 2.13. The third-order valence-corrected chi connectivity index (χ3v) is 4.48. The minimum absolute atomic E-state index is 0.0903. The molecule has 0 fully saturated rings. The van der Waals surface area contributed by atoms with E-state index in [9.17, 15) is 4.79 Å². The van der Waals surface area contributed by atoms with Crippen LogP contribution in [0.2, 0.25) is 0 Å². The first kappa shape index (κ1) is 14.0. The third-order valence-electron chi connectivity index (χ3n) is 3.54. The van der Waals surface area contributed by atoms with Gasteiger partial charge in [-0.3, -0.25) is 4.79 Å². The average Bonchev–Trinajstić information content (AvgIpc) is 3.03. The van der Waals surface area contributed by atoms with Crippen LogP contribution in [0, 0.1) is 0 Å². The molecule has 0 aliphatic rings. The number of aromatic nitrogens is 1. The molecule has 0 spiro atoms. The predicted molar refractivity (Wildman–Crippen MR) is 89.1 cm³/mol. The highest BCUT2D eigenvalue weighted by Gasteiger charge is 2.01. The predicted octanol–water partition coefficient (Wildman–Crippen LogP) is 2.90. The highest BCUT2D eigenvalue weighted by atomic mass is 32.1. The summed E-state index contributed by atoms with van der Waals surface area (Å²) in [5, 5.41) is 6.36. The number of hydrogen-bond donors (Lipinski definition) is 1. The van der Waals surface area contributed by atoms with Gasteiger partial charge in [0.05, 0.1) is 5.52 Å². The van der Waals surface area contributed by atoms with Crippen molar-refractivity contribution < 1.29 is 0 Å². The lowest BCUT2D eigenvalue weighted by atomic mass is 10.2. The molecule has 3 rings (SSSR count). The molecule has 0 aliphatic heterocycles. The summed E-state index contributed by atoms with van der Waals surface area (Å²) in [6, 6.07) is 13.7. The molecule has 0 atom stereocenters. The quantitative estimate of drug-likeness (QED) is 0.710. The first-order valence-corrected chi connectivity index (χ1v) is 8.04. The maximum Gasteiger partial charge on any atom is 0.189 e. The lowest BCUT2D eigenvalue weighted by Crippen LogP contribution is -2.23. The summed E-state index contributed by atoms with van der Waals surface area (Å²) in [5.74, 6) is 0. The number of nitrogens with zero attached hydrogens (tertiary/aromatic N) is 1. The molecule has 0 radical (unpaired) electrons. The molecular weight excluding hydrogens is 280 g/mol. The molecule has 0 bridgehead atoms. The zero-order valence-corrected chi connectivity index (χ0v) is 12.6. The van der Waals surface area contributed by atoms with Gasteiger partial charge in [0.25, 0.3) is 0 Å². The molecule has 4 heteroatoms. The van der Waals surface area contributed by atoms with E-state index in [1.807, 2.05) is 30.5 Å². The van der Waals surface area contributed by atoms with Gasteiger partial charge in [0.2, 0.25) is 0 Å². The summed E-state index contributed by atoms with van der Waals surface area (Å²) in [7, 11) is 0. The minimum atomic E-state index is 0.0903. The second-order valence-electron chi connectivity index (χ2n) is 4.97. The highest BCUT2D eigenvalue weighted by Crippen LogP contribution is 2.09. The van der Waals surface area contributed by atoms with E-state index in [-0.39, 0.29) is 5.43 Å². The van der Waals surface area contributed by atoms with Crippen molar-refractivity contribution in [2.24, 2.45) is 0 Å². The summed E-state index contributed by atoms with van der Waals surface area (Å²) in [6.45, 7) is 2.75. The Balaban J connectivity index is 1.58. The van der Waals surface area contributed by atoms with E-state index < -0.39 is 0 Å². The Kier molecular flexibility index (Phi) is 4.48. The molecule has 3 aromatic rings. The number of rotatable bonds is 6. The summed E-state index contributed by atoms with van der Waals surface area (Å²) in [5.41, 5.74) is 1.09. The van der Waals surface area contributed by atoms with Gasteiger partial charge in [0.15, 0.2) is 5.43 Å². The standard InChI is InChI=1S/C17H18N2OS/c20-17-8-11-19(16-6-2-1-5-15(16)17)12-10-18-9-7-14-4-3-13-21-14/h1-6,8,11,13,18H,7,9-10,12H2. The Morgan fingerprint density at radius 3 is 2.81 bits per heavy atom. The number of fused-ring (bicyclic) bond motifs is 1. The molecule has 0 amide bonds. The Bertz CT molecular complexity index is 762. The number of pyridine rings is 1. The van der Waals surface area contributed by atoms with Gasteiger partial charge < -0.3 is 9.88 Å². The van der Waals surface area contributed by atoms with Crippen molar-refractivity contribution in [2.45, 2.75) is 13.0 Å². The van der Waals surface area contributed by atoms with Crippen molar-refractivity contribution in [1.82, 2.24) is 9.88 Å². The van der Waals surface area contributed by atoms with Gasteiger partial charge in [0.1, 0.15) is 0 Å².